The van der Waals surface area contributed by atoms with E-state index in [1.807, 2.05) is 17.7 Å². The SMILES string of the molecule is COc1ccc2c(c1)c1c(n2CCc2n[nH]c(=S)n2C)CCN(C)C1. The van der Waals surface area contributed by atoms with Crippen LogP contribution in [0.4, 0.5) is 0 Å². The Morgan fingerprint density at radius 2 is 2.16 bits per heavy atom. The summed E-state index contributed by atoms with van der Waals surface area (Å²) in [6.07, 6.45) is 1.92. The van der Waals surface area contributed by atoms with Gasteiger partial charge in [0.05, 0.1) is 7.11 Å². The van der Waals surface area contributed by atoms with Crippen LogP contribution in [0.25, 0.3) is 10.9 Å². The Bertz CT molecular complexity index is 983. The van der Waals surface area contributed by atoms with Crippen LogP contribution in [0.3, 0.4) is 0 Å². The van der Waals surface area contributed by atoms with Crippen molar-refractivity contribution >= 4 is 23.1 Å². The molecule has 0 amide bonds. The average Bonchev–Trinajstić information content (AvgIpc) is 3.10. The maximum Gasteiger partial charge on any atom is 0.194 e. The minimum atomic E-state index is 0.667. The maximum absolute atomic E-state index is 5.45. The summed E-state index contributed by atoms with van der Waals surface area (Å²) >= 11 is 5.22. The molecule has 25 heavy (non-hydrogen) atoms. The number of fused-ring (bicyclic) bond motifs is 3. The number of methoxy groups -OCH3 is 1. The van der Waals surface area contributed by atoms with E-state index in [1.165, 1.54) is 22.2 Å². The molecule has 7 heteroatoms. The molecule has 0 radical (unpaired) electrons. The van der Waals surface area contributed by atoms with Gasteiger partial charge in [-0.15, -0.1) is 0 Å². The van der Waals surface area contributed by atoms with Crippen molar-refractivity contribution in [3.05, 3.63) is 40.1 Å². The first-order valence-corrected chi connectivity index (χ1v) is 8.96. The van der Waals surface area contributed by atoms with Gasteiger partial charge >= 0.3 is 0 Å². The lowest BCUT2D eigenvalue weighted by Crippen LogP contribution is -2.27. The third-order valence-corrected chi connectivity index (χ3v) is 5.55. The smallest absolute Gasteiger partial charge is 0.194 e. The van der Waals surface area contributed by atoms with Crippen LogP contribution in [0.5, 0.6) is 5.75 Å². The van der Waals surface area contributed by atoms with Gasteiger partial charge in [-0.25, -0.2) is 0 Å². The highest BCUT2D eigenvalue weighted by Crippen LogP contribution is 2.33. The van der Waals surface area contributed by atoms with Crippen molar-refractivity contribution < 1.29 is 4.74 Å². The Morgan fingerprint density at radius 1 is 1.32 bits per heavy atom. The van der Waals surface area contributed by atoms with Gasteiger partial charge in [-0.1, -0.05) is 0 Å². The maximum atomic E-state index is 5.45. The fourth-order valence-electron chi connectivity index (χ4n) is 3.76. The zero-order valence-corrected chi connectivity index (χ0v) is 15.7. The monoisotopic (exact) mass is 357 g/mol. The van der Waals surface area contributed by atoms with Crippen LogP contribution in [0, 0.1) is 4.77 Å². The summed E-state index contributed by atoms with van der Waals surface area (Å²) in [5.41, 5.74) is 4.15. The summed E-state index contributed by atoms with van der Waals surface area (Å²) < 4.78 is 10.5. The number of rotatable bonds is 4. The first kappa shape index (κ1) is 16.4. The summed E-state index contributed by atoms with van der Waals surface area (Å²) in [6, 6.07) is 6.39. The van der Waals surface area contributed by atoms with Crippen molar-refractivity contribution in [3.63, 3.8) is 0 Å². The molecule has 0 atom stereocenters. The fourth-order valence-corrected chi connectivity index (χ4v) is 3.91. The Kier molecular flexibility index (Phi) is 4.13. The molecule has 1 aliphatic heterocycles. The largest absolute Gasteiger partial charge is 0.497 e. The molecular formula is C18H23N5OS. The third kappa shape index (κ3) is 2.77. The predicted octanol–water partition coefficient (Wildman–Crippen LogP) is 2.67. The number of aromatic amines is 1. The first-order chi connectivity index (χ1) is 12.1. The molecule has 3 aromatic rings. The van der Waals surface area contributed by atoms with Crippen LogP contribution in [0.2, 0.25) is 0 Å². The molecule has 0 aliphatic carbocycles. The van der Waals surface area contributed by atoms with Gasteiger partial charge < -0.3 is 18.8 Å². The molecule has 6 nitrogen and oxygen atoms in total. The molecule has 0 saturated heterocycles. The Morgan fingerprint density at radius 3 is 2.88 bits per heavy atom. The lowest BCUT2D eigenvalue weighted by Gasteiger charge is -2.24. The second kappa shape index (κ2) is 6.31. The number of nitrogens with zero attached hydrogens (tertiary/aromatic N) is 4. The van der Waals surface area contributed by atoms with Gasteiger partial charge in [0.25, 0.3) is 0 Å². The third-order valence-electron chi connectivity index (χ3n) is 5.18. The van der Waals surface area contributed by atoms with E-state index in [-0.39, 0.29) is 0 Å². The number of benzene rings is 1. The van der Waals surface area contributed by atoms with E-state index < -0.39 is 0 Å². The molecule has 1 aromatic carbocycles. The molecule has 4 rings (SSSR count). The van der Waals surface area contributed by atoms with Gasteiger partial charge in [-0.05, 0) is 43.0 Å². The van der Waals surface area contributed by atoms with E-state index in [1.54, 1.807) is 7.11 Å². The molecule has 3 heterocycles. The zero-order valence-electron chi connectivity index (χ0n) is 14.9. The van der Waals surface area contributed by atoms with E-state index in [4.69, 9.17) is 17.0 Å². The van der Waals surface area contributed by atoms with Gasteiger partial charge in [0.1, 0.15) is 11.6 Å². The van der Waals surface area contributed by atoms with Crippen LogP contribution >= 0.6 is 12.2 Å². The van der Waals surface area contributed by atoms with Crippen molar-refractivity contribution in [3.8, 4) is 5.75 Å². The van der Waals surface area contributed by atoms with E-state index in [2.05, 4.69) is 38.8 Å². The second-order valence-electron chi connectivity index (χ2n) is 6.70. The summed E-state index contributed by atoms with van der Waals surface area (Å²) in [6.45, 7) is 2.97. The number of ether oxygens (including phenoxy) is 1. The topological polar surface area (TPSA) is 51.0 Å². The Labute approximate surface area is 152 Å². The summed E-state index contributed by atoms with van der Waals surface area (Å²) in [4.78, 5) is 2.38. The highest BCUT2D eigenvalue weighted by molar-refractivity contribution is 7.71. The number of hydrogen-bond donors (Lipinski definition) is 1. The lowest BCUT2D eigenvalue weighted by molar-refractivity contribution is 0.309. The minimum Gasteiger partial charge on any atom is -0.497 e. The number of aromatic nitrogens is 4. The van der Waals surface area contributed by atoms with Gasteiger partial charge in [0, 0.05) is 56.1 Å². The molecule has 2 aromatic heterocycles. The molecule has 132 valence electrons. The summed E-state index contributed by atoms with van der Waals surface area (Å²) in [7, 11) is 5.87. The number of likely N-dealkylation sites (N-methyl/N-ethyl adjacent to an activating group) is 1. The van der Waals surface area contributed by atoms with Crippen LogP contribution in [-0.4, -0.2) is 44.9 Å². The first-order valence-electron chi connectivity index (χ1n) is 8.55. The quantitative estimate of drug-likeness (QED) is 0.730. The summed E-state index contributed by atoms with van der Waals surface area (Å²) in [5.74, 6) is 1.90. The second-order valence-corrected chi connectivity index (χ2v) is 7.09. The van der Waals surface area contributed by atoms with Crippen molar-refractivity contribution in [2.75, 3.05) is 20.7 Å². The van der Waals surface area contributed by atoms with Crippen LogP contribution < -0.4 is 4.74 Å². The molecule has 0 spiro atoms. The van der Waals surface area contributed by atoms with E-state index >= 15 is 0 Å². The molecular weight excluding hydrogens is 334 g/mol. The molecule has 0 unspecified atom stereocenters. The number of aryl methyl sites for hydroxylation is 2. The number of H-pyrrole nitrogens is 1. The van der Waals surface area contributed by atoms with Gasteiger partial charge in [-0.3, -0.25) is 5.10 Å². The highest BCUT2D eigenvalue weighted by Gasteiger charge is 2.22. The highest BCUT2D eigenvalue weighted by atomic mass is 32.1. The average molecular weight is 357 g/mol. The Balaban J connectivity index is 1.77. The van der Waals surface area contributed by atoms with E-state index in [0.717, 1.165) is 44.0 Å². The molecule has 0 fully saturated rings. The predicted molar refractivity (Wildman–Crippen MR) is 101 cm³/mol. The van der Waals surface area contributed by atoms with Crippen molar-refractivity contribution in [1.29, 1.82) is 0 Å². The molecule has 0 saturated carbocycles. The minimum absolute atomic E-state index is 0.667. The van der Waals surface area contributed by atoms with Gasteiger partial charge in [0.15, 0.2) is 4.77 Å². The van der Waals surface area contributed by atoms with Crippen LogP contribution in [0.1, 0.15) is 17.1 Å². The normalized spacial score (nSPS) is 14.8. The van der Waals surface area contributed by atoms with Crippen molar-refractivity contribution in [2.45, 2.75) is 25.9 Å². The lowest BCUT2D eigenvalue weighted by atomic mass is 10.0. The zero-order chi connectivity index (χ0) is 17.6. The summed E-state index contributed by atoms with van der Waals surface area (Å²) in [5, 5.41) is 8.52. The molecule has 1 aliphatic rings. The van der Waals surface area contributed by atoms with Crippen molar-refractivity contribution in [2.24, 2.45) is 7.05 Å². The molecule has 1 N–H and O–H groups in total. The Hall–Kier alpha value is -2.12. The van der Waals surface area contributed by atoms with E-state index in [9.17, 15) is 0 Å². The molecule has 0 bridgehead atoms. The van der Waals surface area contributed by atoms with Crippen molar-refractivity contribution in [1.82, 2.24) is 24.2 Å². The van der Waals surface area contributed by atoms with Crippen LogP contribution in [0.15, 0.2) is 18.2 Å². The van der Waals surface area contributed by atoms with Gasteiger partial charge in [-0.2, -0.15) is 5.10 Å². The van der Waals surface area contributed by atoms with Gasteiger partial charge in [0.2, 0.25) is 0 Å². The number of nitrogens with one attached hydrogen (secondary N) is 1. The van der Waals surface area contributed by atoms with E-state index in [0.29, 0.717) is 4.77 Å². The number of hydrogen-bond acceptors (Lipinski definition) is 4. The fraction of sp³-hybridized carbons (Fsp3) is 0.444. The van der Waals surface area contributed by atoms with Crippen LogP contribution in [-0.2, 0) is 33.0 Å². The standard InChI is InChI=1S/C18H23N5OS/c1-21-8-6-16-14(11-21)13-10-12(24-3)4-5-15(13)23(16)9-7-17-19-20-18(25)22(17)2/h4-5,10H,6-9,11H2,1-3H3,(H,20,25).